The van der Waals surface area contributed by atoms with Crippen LogP contribution in [0.4, 0.5) is 0 Å². The predicted molar refractivity (Wildman–Crippen MR) is 92.3 cm³/mol. The molecular formula is C17H26Cl2N2. The van der Waals surface area contributed by atoms with Crippen molar-refractivity contribution in [1.29, 1.82) is 0 Å². The fourth-order valence-electron chi connectivity index (χ4n) is 3.93. The van der Waals surface area contributed by atoms with Crippen molar-refractivity contribution < 1.29 is 0 Å². The van der Waals surface area contributed by atoms with Gasteiger partial charge in [0.15, 0.2) is 0 Å². The molecular weight excluding hydrogens is 303 g/mol. The fraction of sp³-hybridized carbons (Fsp3) is 0.647. The lowest BCUT2D eigenvalue weighted by molar-refractivity contribution is 0.0393. The van der Waals surface area contributed by atoms with E-state index in [2.05, 4.69) is 37.3 Å². The number of nitrogens with zero attached hydrogens (tertiary/aromatic N) is 1. The molecule has 1 aromatic rings. The van der Waals surface area contributed by atoms with Crippen molar-refractivity contribution in [2.75, 3.05) is 21.1 Å². The molecule has 0 radical (unpaired) electrons. The van der Waals surface area contributed by atoms with E-state index in [4.69, 9.17) is 23.2 Å². The van der Waals surface area contributed by atoms with E-state index in [0.29, 0.717) is 10.0 Å². The fourth-order valence-corrected chi connectivity index (χ4v) is 4.23. The summed E-state index contributed by atoms with van der Waals surface area (Å²) in [4.78, 5) is 2.40. The SMILES string of the molecule is CNC(c1ccc(Cl)c(Cl)c1)C1(N(C)C)CCCC(C)C1. The van der Waals surface area contributed by atoms with E-state index in [9.17, 15) is 0 Å². The van der Waals surface area contributed by atoms with Gasteiger partial charge in [0.1, 0.15) is 0 Å². The molecule has 4 heteroatoms. The summed E-state index contributed by atoms with van der Waals surface area (Å²) >= 11 is 12.3. The predicted octanol–water partition coefficient (Wildman–Crippen LogP) is 4.76. The Morgan fingerprint density at radius 3 is 2.52 bits per heavy atom. The van der Waals surface area contributed by atoms with Gasteiger partial charge in [-0.15, -0.1) is 0 Å². The molecule has 0 saturated heterocycles. The van der Waals surface area contributed by atoms with Crippen LogP contribution in [0.2, 0.25) is 10.0 Å². The summed E-state index contributed by atoms with van der Waals surface area (Å²) in [7, 11) is 6.43. The van der Waals surface area contributed by atoms with Crippen molar-refractivity contribution in [3.8, 4) is 0 Å². The monoisotopic (exact) mass is 328 g/mol. The van der Waals surface area contributed by atoms with Crippen LogP contribution in [0.3, 0.4) is 0 Å². The van der Waals surface area contributed by atoms with Crippen LogP contribution in [0, 0.1) is 5.92 Å². The Morgan fingerprint density at radius 2 is 2.00 bits per heavy atom. The third-order valence-corrected chi connectivity index (χ3v) is 5.74. The molecule has 2 rings (SSSR count). The summed E-state index contributed by atoms with van der Waals surface area (Å²) in [5.74, 6) is 0.750. The number of halogens is 2. The maximum atomic E-state index is 6.23. The normalized spacial score (nSPS) is 27.9. The van der Waals surface area contributed by atoms with Gasteiger partial charge >= 0.3 is 0 Å². The molecule has 0 heterocycles. The molecule has 3 atom stereocenters. The standard InChI is InChI=1S/C17H26Cl2N2/c1-12-6-5-9-17(11-12,21(3)4)16(20-2)13-7-8-14(18)15(19)10-13/h7-8,10,12,16,20H,5-6,9,11H2,1-4H3. The lowest BCUT2D eigenvalue weighted by Crippen LogP contribution is -2.55. The van der Waals surface area contributed by atoms with Gasteiger partial charge in [0.05, 0.1) is 16.1 Å². The summed E-state index contributed by atoms with van der Waals surface area (Å²) < 4.78 is 0. The van der Waals surface area contributed by atoms with E-state index in [-0.39, 0.29) is 11.6 Å². The average Bonchev–Trinajstić information content (AvgIpc) is 2.43. The number of hydrogen-bond donors (Lipinski definition) is 1. The summed E-state index contributed by atoms with van der Waals surface area (Å²) in [6.07, 6.45) is 5.01. The molecule has 1 saturated carbocycles. The zero-order valence-corrected chi connectivity index (χ0v) is 14.9. The van der Waals surface area contributed by atoms with Gasteiger partial charge < -0.3 is 10.2 Å². The van der Waals surface area contributed by atoms with Crippen LogP contribution < -0.4 is 5.32 Å². The summed E-state index contributed by atoms with van der Waals surface area (Å²) in [5, 5.41) is 4.78. The third-order valence-electron chi connectivity index (χ3n) is 5.00. The molecule has 2 nitrogen and oxygen atoms in total. The molecule has 1 aromatic carbocycles. The van der Waals surface area contributed by atoms with Crippen molar-refractivity contribution in [1.82, 2.24) is 10.2 Å². The highest BCUT2D eigenvalue weighted by molar-refractivity contribution is 6.42. The minimum Gasteiger partial charge on any atom is -0.311 e. The van der Waals surface area contributed by atoms with Crippen molar-refractivity contribution in [2.24, 2.45) is 5.92 Å². The van der Waals surface area contributed by atoms with Crippen LogP contribution in [0.5, 0.6) is 0 Å². The molecule has 1 N–H and O–H groups in total. The molecule has 3 unspecified atom stereocenters. The van der Waals surface area contributed by atoms with Gasteiger partial charge in [0.2, 0.25) is 0 Å². The average molecular weight is 329 g/mol. The summed E-state index contributed by atoms with van der Waals surface area (Å²) in [6.45, 7) is 2.36. The van der Waals surface area contributed by atoms with Crippen molar-refractivity contribution in [3.63, 3.8) is 0 Å². The molecule has 1 fully saturated rings. The minimum atomic E-state index is 0.129. The van der Waals surface area contributed by atoms with Gasteiger partial charge in [-0.05, 0) is 57.6 Å². The van der Waals surface area contributed by atoms with Crippen LogP contribution in [0.1, 0.15) is 44.2 Å². The second-order valence-corrected chi connectivity index (χ2v) is 7.41. The minimum absolute atomic E-state index is 0.129. The first-order chi connectivity index (χ1) is 9.90. The maximum absolute atomic E-state index is 6.23. The van der Waals surface area contributed by atoms with E-state index in [0.717, 1.165) is 5.92 Å². The smallest absolute Gasteiger partial charge is 0.0595 e. The molecule has 21 heavy (non-hydrogen) atoms. The van der Waals surface area contributed by atoms with Crippen LogP contribution in [0.25, 0.3) is 0 Å². The van der Waals surface area contributed by atoms with Gasteiger partial charge in [0, 0.05) is 5.54 Å². The van der Waals surface area contributed by atoms with E-state index < -0.39 is 0 Å². The largest absolute Gasteiger partial charge is 0.311 e. The second kappa shape index (κ2) is 6.87. The maximum Gasteiger partial charge on any atom is 0.0595 e. The van der Waals surface area contributed by atoms with Gasteiger partial charge in [-0.25, -0.2) is 0 Å². The quantitative estimate of drug-likeness (QED) is 0.856. The number of rotatable bonds is 4. The molecule has 0 bridgehead atoms. The van der Waals surface area contributed by atoms with Crippen molar-refractivity contribution in [3.05, 3.63) is 33.8 Å². The zero-order chi connectivity index (χ0) is 15.6. The Balaban J connectivity index is 2.42. The van der Waals surface area contributed by atoms with Gasteiger partial charge in [-0.2, -0.15) is 0 Å². The van der Waals surface area contributed by atoms with E-state index in [1.807, 2.05) is 19.2 Å². The summed E-state index contributed by atoms with van der Waals surface area (Å²) in [6, 6.07) is 6.26. The Morgan fingerprint density at radius 1 is 1.29 bits per heavy atom. The van der Waals surface area contributed by atoms with Crippen LogP contribution in [-0.2, 0) is 0 Å². The highest BCUT2D eigenvalue weighted by atomic mass is 35.5. The van der Waals surface area contributed by atoms with E-state index >= 15 is 0 Å². The highest BCUT2D eigenvalue weighted by Crippen LogP contribution is 2.44. The van der Waals surface area contributed by atoms with E-state index in [1.165, 1.54) is 31.2 Å². The lowest BCUT2D eigenvalue weighted by atomic mass is 9.69. The first-order valence-corrected chi connectivity index (χ1v) is 8.46. The van der Waals surface area contributed by atoms with E-state index in [1.54, 1.807) is 0 Å². The molecule has 1 aliphatic carbocycles. The Hall–Kier alpha value is -0.280. The molecule has 0 aromatic heterocycles. The third kappa shape index (κ3) is 3.39. The number of benzene rings is 1. The molecule has 118 valence electrons. The molecule has 1 aliphatic rings. The number of hydrogen-bond acceptors (Lipinski definition) is 2. The Labute approximate surface area is 138 Å². The number of nitrogens with one attached hydrogen (secondary N) is 1. The highest BCUT2D eigenvalue weighted by Gasteiger charge is 2.43. The zero-order valence-electron chi connectivity index (χ0n) is 13.4. The number of likely N-dealkylation sites (N-methyl/N-ethyl adjacent to an activating group) is 2. The van der Waals surface area contributed by atoms with Crippen LogP contribution >= 0.6 is 23.2 Å². The lowest BCUT2D eigenvalue weighted by Gasteiger charge is -2.50. The first-order valence-electron chi connectivity index (χ1n) is 7.70. The summed E-state index contributed by atoms with van der Waals surface area (Å²) in [5.41, 5.74) is 1.35. The first kappa shape index (κ1) is 17.1. The molecule has 0 spiro atoms. The Bertz CT molecular complexity index is 490. The van der Waals surface area contributed by atoms with Crippen LogP contribution in [-0.4, -0.2) is 31.6 Å². The van der Waals surface area contributed by atoms with Gasteiger partial charge in [-0.3, -0.25) is 0 Å². The van der Waals surface area contributed by atoms with Crippen molar-refractivity contribution >= 4 is 23.2 Å². The topological polar surface area (TPSA) is 15.3 Å². The van der Waals surface area contributed by atoms with Crippen molar-refractivity contribution in [2.45, 2.75) is 44.2 Å². The second-order valence-electron chi connectivity index (χ2n) is 6.59. The molecule has 0 amide bonds. The van der Waals surface area contributed by atoms with Gasteiger partial charge in [-0.1, -0.05) is 49.0 Å². The van der Waals surface area contributed by atoms with Gasteiger partial charge in [0.25, 0.3) is 0 Å². The Kier molecular flexibility index (Phi) is 5.59. The molecule has 0 aliphatic heterocycles. The van der Waals surface area contributed by atoms with Crippen LogP contribution in [0.15, 0.2) is 18.2 Å².